The van der Waals surface area contributed by atoms with Gasteiger partial charge in [0.15, 0.2) is 0 Å². The highest BCUT2D eigenvalue weighted by molar-refractivity contribution is 5.76. The van der Waals surface area contributed by atoms with Crippen LogP contribution in [-0.4, -0.2) is 56.6 Å². The van der Waals surface area contributed by atoms with Crippen LogP contribution in [0, 0.1) is 0 Å². The molecule has 0 aliphatic carbocycles. The Bertz CT molecular complexity index is 594. The van der Waals surface area contributed by atoms with Crippen LogP contribution in [-0.2, 0) is 4.79 Å². The molecule has 1 aliphatic heterocycles. The summed E-state index contributed by atoms with van der Waals surface area (Å²) in [5.74, 6) is -0.918. The van der Waals surface area contributed by atoms with Crippen LogP contribution in [0.5, 0.6) is 0 Å². The molecule has 2 N–H and O–H groups in total. The molecule has 0 saturated carbocycles. The molecular formula is C15H23N5O3. The van der Waals surface area contributed by atoms with E-state index in [4.69, 9.17) is 5.11 Å². The highest BCUT2D eigenvalue weighted by atomic mass is 16.4. The highest BCUT2D eigenvalue weighted by Crippen LogP contribution is 2.21. The molecule has 1 aromatic rings. The van der Waals surface area contributed by atoms with Crippen molar-refractivity contribution in [3.05, 3.63) is 18.0 Å². The maximum absolute atomic E-state index is 12.0. The molecule has 23 heavy (non-hydrogen) atoms. The van der Waals surface area contributed by atoms with E-state index in [0.29, 0.717) is 19.5 Å². The van der Waals surface area contributed by atoms with Gasteiger partial charge in [0.25, 0.3) is 0 Å². The fourth-order valence-electron chi connectivity index (χ4n) is 2.36. The molecule has 0 fully saturated rings. The second kappa shape index (κ2) is 7.75. The van der Waals surface area contributed by atoms with E-state index in [1.165, 1.54) is 0 Å². The number of hydrogen-bond acceptors (Lipinski definition) is 4. The minimum atomic E-state index is -0.918. The highest BCUT2D eigenvalue weighted by Gasteiger charge is 2.18. The molecule has 8 nitrogen and oxygen atoms in total. The van der Waals surface area contributed by atoms with Crippen LogP contribution in [0.3, 0.4) is 0 Å². The Morgan fingerprint density at radius 2 is 2.17 bits per heavy atom. The maximum atomic E-state index is 12.0. The summed E-state index contributed by atoms with van der Waals surface area (Å²) < 4.78 is 1.82. The van der Waals surface area contributed by atoms with Crippen molar-refractivity contribution in [2.75, 3.05) is 19.6 Å². The Morgan fingerprint density at radius 3 is 2.83 bits per heavy atom. The average Bonchev–Trinajstić information content (AvgIpc) is 2.85. The van der Waals surface area contributed by atoms with Gasteiger partial charge in [0, 0.05) is 25.7 Å². The molecule has 2 rings (SSSR count). The summed E-state index contributed by atoms with van der Waals surface area (Å²) in [6, 6.07) is 0.0471. The van der Waals surface area contributed by atoms with Crippen LogP contribution in [0.15, 0.2) is 12.3 Å². The minimum Gasteiger partial charge on any atom is -0.481 e. The number of rotatable bonds is 5. The van der Waals surface area contributed by atoms with Crippen molar-refractivity contribution in [2.45, 2.75) is 39.2 Å². The van der Waals surface area contributed by atoms with E-state index in [2.05, 4.69) is 21.7 Å². The number of carboxylic acid groups (broad SMARTS) is 1. The second-order valence-electron chi connectivity index (χ2n) is 5.81. The Labute approximate surface area is 135 Å². The van der Waals surface area contributed by atoms with E-state index >= 15 is 0 Å². The molecule has 0 spiro atoms. The summed E-state index contributed by atoms with van der Waals surface area (Å²) in [6.45, 7) is 5.43. The Balaban J connectivity index is 1.89. The van der Waals surface area contributed by atoms with Crippen LogP contribution < -0.4 is 5.32 Å². The lowest BCUT2D eigenvalue weighted by Gasteiger charge is -2.20. The molecule has 0 saturated heterocycles. The van der Waals surface area contributed by atoms with Gasteiger partial charge in [-0.25, -0.2) is 9.48 Å². The zero-order valence-corrected chi connectivity index (χ0v) is 13.5. The molecule has 0 unspecified atom stereocenters. The first-order chi connectivity index (χ1) is 11.0. The largest absolute Gasteiger partial charge is 0.481 e. The zero-order chi connectivity index (χ0) is 16.8. The third kappa shape index (κ3) is 4.80. The van der Waals surface area contributed by atoms with Gasteiger partial charge in [-0.2, -0.15) is 0 Å². The maximum Gasteiger partial charge on any atom is 0.317 e. The molecule has 126 valence electrons. The molecule has 2 amide bonds. The number of hydrogen-bond donors (Lipinski definition) is 2. The summed E-state index contributed by atoms with van der Waals surface area (Å²) in [5.41, 5.74) is 1.95. The van der Waals surface area contributed by atoms with Crippen LogP contribution in [0.1, 0.15) is 44.8 Å². The van der Waals surface area contributed by atoms with Gasteiger partial charge < -0.3 is 15.3 Å². The number of aromatic nitrogens is 3. The summed E-state index contributed by atoms with van der Waals surface area (Å²) in [7, 11) is 0. The van der Waals surface area contributed by atoms with E-state index < -0.39 is 5.97 Å². The topological polar surface area (TPSA) is 100 Å². The lowest BCUT2D eigenvalue weighted by Crippen LogP contribution is -2.41. The third-order valence-corrected chi connectivity index (χ3v) is 3.71. The van der Waals surface area contributed by atoms with Crippen LogP contribution in [0.4, 0.5) is 4.79 Å². The van der Waals surface area contributed by atoms with Crippen LogP contribution in [0.2, 0.25) is 0 Å². The molecule has 1 aromatic heterocycles. The van der Waals surface area contributed by atoms with Crippen molar-refractivity contribution in [3.63, 3.8) is 0 Å². The van der Waals surface area contributed by atoms with E-state index in [1.54, 1.807) is 4.90 Å². The summed E-state index contributed by atoms with van der Waals surface area (Å²) in [6.07, 6.45) is 5.42. The summed E-state index contributed by atoms with van der Waals surface area (Å²) in [5, 5.41) is 19.5. The van der Waals surface area contributed by atoms with E-state index in [0.717, 1.165) is 17.7 Å². The molecular weight excluding hydrogens is 298 g/mol. The van der Waals surface area contributed by atoms with E-state index in [-0.39, 0.29) is 25.0 Å². The summed E-state index contributed by atoms with van der Waals surface area (Å²) in [4.78, 5) is 24.2. The fourth-order valence-corrected chi connectivity index (χ4v) is 2.36. The molecule has 0 radical (unpaired) electrons. The molecule has 1 aliphatic rings. The Kier molecular flexibility index (Phi) is 5.72. The Hall–Kier alpha value is -2.38. The van der Waals surface area contributed by atoms with Gasteiger partial charge in [-0.05, 0) is 32.3 Å². The van der Waals surface area contributed by atoms with Crippen LogP contribution >= 0.6 is 0 Å². The van der Waals surface area contributed by atoms with Crippen molar-refractivity contribution in [2.24, 2.45) is 0 Å². The molecule has 0 aromatic carbocycles. The molecule has 0 atom stereocenters. The molecule has 8 heteroatoms. The van der Waals surface area contributed by atoms with Crippen LogP contribution in [0.25, 0.3) is 5.57 Å². The monoisotopic (exact) mass is 321 g/mol. The van der Waals surface area contributed by atoms with Gasteiger partial charge in [-0.1, -0.05) is 11.3 Å². The van der Waals surface area contributed by atoms with Gasteiger partial charge in [-0.3, -0.25) is 4.79 Å². The first kappa shape index (κ1) is 17.0. The van der Waals surface area contributed by atoms with Gasteiger partial charge >= 0.3 is 12.0 Å². The number of nitrogens with zero attached hydrogens (tertiary/aromatic N) is 4. The van der Waals surface area contributed by atoms with E-state index in [1.807, 2.05) is 24.7 Å². The van der Waals surface area contributed by atoms with Crippen molar-refractivity contribution < 1.29 is 14.7 Å². The average molecular weight is 321 g/mol. The van der Waals surface area contributed by atoms with E-state index in [9.17, 15) is 9.59 Å². The second-order valence-corrected chi connectivity index (χ2v) is 5.81. The van der Waals surface area contributed by atoms with Gasteiger partial charge in [0.05, 0.1) is 12.6 Å². The summed E-state index contributed by atoms with van der Waals surface area (Å²) >= 11 is 0. The van der Waals surface area contributed by atoms with Crippen molar-refractivity contribution in [1.82, 2.24) is 25.2 Å². The van der Waals surface area contributed by atoms with Crippen molar-refractivity contribution >= 4 is 17.6 Å². The number of aliphatic carboxylic acids is 1. The van der Waals surface area contributed by atoms with Gasteiger partial charge in [-0.15, -0.1) is 5.10 Å². The Morgan fingerprint density at radius 1 is 1.39 bits per heavy atom. The predicted molar refractivity (Wildman–Crippen MR) is 84.8 cm³/mol. The van der Waals surface area contributed by atoms with Crippen molar-refractivity contribution in [3.8, 4) is 0 Å². The quantitative estimate of drug-likeness (QED) is 0.856. The number of nitrogens with one attached hydrogen (secondary N) is 1. The fraction of sp³-hybridized carbons (Fsp3) is 0.600. The standard InChI is InChI=1S/C15H23N5O3/c1-11(2)20-10-13(17-18-20)12-4-3-8-19(9-6-12)15(23)16-7-5-14(21)22/h4,10-11H,3,5-9H2,1-2H3,(H,16,23)(H,21,22). The lowest BCUT2D eigenvalue weighted by molar-refractivity contribution is -0.136. The lowest BCUT2D eigenvalue weighted by atomic mass is 10.1. The molecule has 2 heterocycles. The molecule has 0 bridgehead atoms. The van der Waals surface area contributed by atoms with Gasteiger partial charge in [0.1, 0.15) is 5.69 Å². The first-order valence-electron chi connectivity index (χ1n) is 7.83. The predicted octanol–water partition coefficient (Wildman–Crippen LogP) is 1.52. The first-order valence-corrected chi connectivity index (χ1v) is 7.83. The number of amides is 2. The minimum absolute atomic E-state index is 0.0681. The number of carboxylic acids is 1. The third-order valence-electron chi connectivity index (χ3n) is 3.71. The van der Waals surface area contributed by atoms with Crippen molar-refractivity contribution in [1.29, 1.82) is 0 Å². The zero-order valence-electron chi connectivity index (χ0n) is 13.5. The normalized spacial score (nSPS) is 15.3. The number of carbonyl (C=O) groups is 2. The van der Waals surface area contributed by atoms with Gasteiger partial charge in [0.2, 0.25) is 0 Å². The number of urea groups is 1. The smallest absolute Gasteiger partial charge is 0.317 e. The number of carbonyl (C=O) groups excluding carboxylic acids is 1. The SMILES string of the molecule is CC(C)n1cc(C2=CCCN(C(=O)NCCC(=O)O)CC2)nn1.